The van der Waals surface area contributed by atoms with E-state index >= 15 is 0 Å². The Morgan fingerprint density at radius 3 is 2.65 bits per heavy atom. The summed E-state index contributed by atoms with van der Waals surface area (Å²) in [5.41, 5.74) is 0. The Bertz CT molecular complexity index is 432. The van der Waals surface area contributed by atoms with Crippen LogP contribution in [0, 0.1) is 0 Å². The van der Waals surface area contributed by atoms with Gasteiger partial charge in [-0.1, -0.05) is 6.92 Å². The Hall–Kier alpha value is -0.660. The summed E-state index contributed by atoms with van der Waals surface area (Å²) >= 11 is 0. The summed E-state index contributed by atoms with van der Waals surface area (Å²) in [6.45, 7) is 4.53. The van der Waals surface area contributed by atoms with Gasteiger partial charge in [-0.25, -0.2) is 12.7 Å². The van der Waals surface area contributed by atoms with Crippen molar-refractivity contribution in [3.63, 3.8) is 0 Å². The average molecular weight is 304 g/mol. The topological polar surface area (TPSA) is 66.9 Å². The molecule has 20 heavy (non-hydrogen) atoms. The minimum atomic E-state index is -3.16. The van der Waals surface area contributed by atoms with Gasteiger partial charge >= 0.3 is 0 Å². The van der Waals surface area contributed by atoms with E-state index in [1.54, 1.807) is 4.90 Å². The fraction of sp³-hybridized carbons (Fsp3) is 0.923. The molecule has 2 aliphatic heterocycles. The molecule has 2 saturated heterocycles. The lowest BCUT2D eigenvalue weighted by Gasteiger charge is -2.24. The second-order valence-electron chi connectivity index (χ2n) is 5.40. The van der Waals surface area contributed by atoms with E-state index in [1.807, 2.05) is 6.92 Å². The Kier molecular flexibility index (Phi) is 5.40. The fourth-order valence-electron chi connectivity index (χ4n) is 2.76. The maximum Gasteiger partial charge on any atom is 0.251 e. The lowest BCUT2D eigenvalue weighted by Crippen LogP contribution is -2.42. The highest BCUT2D eigenvalue weighted by Crippen LogP contribution is 2.17. The quantitative estimate of drug-likeness (QED) is 0.756. The predicted octanol–water partition coefficient (Wildman–Crippen LogP) is 0.440. The molecule has 6 nitrogen and oxygen atoms in total. The smallest absolute Gasteiger partial charge is 0.251 e. The van der Waals surface area contributed by atoms with Crippen molar-refractivity contribution in [1.29, 1.82) is 0 Å². The van der Waals surface area contributed by atoms with Crippen molar-refractivity contribution in [3.05, 3.63) is 0 Å². The van der Waals surface area contributed by atoms with Gasteiger partial charge in [-0.15, -0.1) is 0 Å². The molecule has 0 saturated carbocycles. The number of hydrogen-bond acceptors (Lipinski definition) is 4. The summed E-state index contributed by atoms with van der Waals surface area (Å²) < 4.78 is 31.1. The third-order valence-electron chi connectivity index (χ3n) is 3.83. The molecule has 0 radical (unpaired) electrons. The van der Waals surface area contributed by atoms with Crippen molar-refractivity contribution in [1.82, 2.24) is 9.21 Å². The molecule has 2 aliphatic rings. The summed E-state index contributed by atoms with van der Waals surface area (Å²) in [5.74, 6) is 0.212. The van der Waals surface area contributed by atoms with Crippen LogP contribution < -0.4 is 0 Å². The zero-order valence-electron chi connectivity index (χ0n) is 12.1. The van der Waals surface area contributed by atoms with E-state index in [-0.39, 0.29) is 17.8 Å². The molecular formula is C13H24N2O4S. The first-order valence-corrected chi connectivity index (χ1v) is 9.03. The molecule has 1 atom stereocenters. The predicted molar refractivity (Wildman–Crippen MR) is 75.8 cm³/mol. The molecule has 0 aromatic heterocycles. The largest absolute Gasteiger partial charge is 0.368 e. The summed E-state index contributed by atoms with van der Waals surface area (Å²) in [7, 11) is -3.16. The van der Waals surface area contributed by atoms with Crippen LogP contribution in [-0.4, -0.2) is 68.2 Å². The number of nitrogens with zero attached hydrogens (tertiary/aromatic N) is 2. The average Bonchev–Trinajstić information content (AvgIpc) is 2.81. The van der Waals surface area contributed by atoms with E-state index in [1.165, 1.54) is 4.31 Å². The maximum atomic E-state index is 12.3. The van der Waals surface area contributed by atoms with E-state index in [0.29, 0.717) is 45.6 Å². The van der Waals surface area contributed by atoms with Crippen molar-refractivity contribution in [2.45, 2.75) is 38.7 Å². The minimum absolute atomic E-state index is 0.0252. The lowest BCUT2D eigenvalue weighted by atomic mass is 10.2. The normalized spacial score (nSPS) is 25.6. The molecule has 0 N–H and O–H groups in total. The summed E-state index contributed by atoms with van der Waals surface area (Å²) in [5, 5.41) is 0. The highest BCUT2D eigenvalue weighted by atomic mass is 32.2. The van der Waals surface area contributed by atoms with E-state index in [2.05, 4.69) is 0 Å². The van der Waals surface area contributed by atoms with Gasteiger partial charge in [-0.05, 0) is 25.7 Å². The van der Waals surface area contributed by atoms with Crippen LogP contribution >= 0.6 is 0 Å². The molecule has 116 valence electrons. The monoisotopic (exact) mass is 304 g/mol. The van der Waals surface area contributed by atoms with Crippen LogP contribution in [0.5, 0.6) is 0 Å². The third-order valence-corrected chi connectivity index (χ3v) is 5.90. The molecule has 2 fully saturated rings. The molecule has 7 heteroatoms. The van der Waals surface area contributed by atoms with Crippen molar-refractivity contribution in [2.24, 2.45) is 0 Å². The van der Waals surface area contributed by atoms with E-state index < -0.39 is 10.0 Å². The molecule has 1 unspecified atom stereocenters. The fourth-order valence-corrected chi connectivity index (χ4v) is 4.30. The Balaban J connectivity index is 1.93. The first-order chi connectivity index (χ1) is 9.54. The highest BCUT2D eigenvalue weighted by molar-refractivity contribution is 7.89. The Labute approximate surface area is 121 Å². The lowest BCUT2D eigenvalue weighted by molar-refractivity contribution is -0.140. The number of carbonyl (C=O) groups is 1. The van der Waals surface area contributed by atoms with Gasteiger partial charge in [0.2, 0.25) is 10.0 Å². The van der Waals surface area contributed by atoms with Gasteiger partial charge in [0, 0.05) is 32.8 Å². The Morgan fingerprint density at radius 2 is 2.00 bits per heavy atom. The van der Waals surface area contributed by atoms with Gasteiger partial charge < -0.3 is 9.64 Å². The van der Waals surface area contributed by atoms with Gasteiger partial charge in [0.25, 0.3) is 5.91 Å². The number of ether oxygens (including phenoxy) is 1. The number of carbonyl (C=O) groups excluding carboxylic acids is 1. The molecule has 2 heterocycles. The van der Waals surface area contributed by atoms with Crippen LogP contribution in [0.3, 0.4) is 0 Å². The van der Waals surface area contributed by atoms with Gasteiger partial charge in [-0.3, -0.25) is 4.79 Å². The van der Waals surface area contributed by atoms with Gasteiger partial charge in [0.05, 0.1) is 5.75 Å². The molecule has 0 aromatic carbocycles. The third kappa shape index (κ3) is 3.71. The van der Waals surface area contributed by atoms with Crippen LogP contribution in [0.2, 0.25) is 0 Å². The standard InChI is InChI=1S/C13H24N2O4S/c1-2-11-20(17,18)15-7-4-6-14(8-9-15)13(16)12-5-3-10-19-12/h12H,2-11H2,1H3. The second kappa shape index (κ2) is 6.87. The zero-order chi connectivity index (χ0) is 14.6. The van der Waals surface area contributed by atoms with Crippen LogP contribution in [0.15, 0.2) is 0 Å². The first-order valence-electron chi connectivity index (χ1n) is 7.43. The van der Waals surface area contributed by atoms with Crippen LogP contribution in [0.4, 0.5) is 0 Å². The van der Waals surface area contributed by atoms with Crippen LogP contribution in [-0.2, 0) is 19.6 Å². The number of sulfonamides is 1. The molecule has 0 bridgehead atoms. The first kappa shape index (κ1) is 15.7. The van der Waals surface area contributed by atoms with Crippen LogP contribution in [0.1, 0.15) is 32.6 Å². The maximum absolute atomic E-state index is 12.3. The van der Waals surface area contributed by atoms with Gasteiger partial charge in [-0.2, -0.15) is 0 Å². The molecule has 0 spiro atoms. The molecule has 1 amide bonds. The van der Waals surface area contributed by atoms with Crippen molar-refractivity contribution < 1.29 is 17.9 Å². The summed E-state index contributed by atoms with van der Waals surface area (Å²) in [4.78, 5) is 14.0. The molecule has 0 aromatic rings. The molecular weight excluding hydrogens is 280 g/mol. The van der Waals surface area contributed by atoms with Crippen LogP contribution in [0.25, 0.3) is 0 Å². The highest BCUT2D eigenvalue weighted by Gasteiger charge is 2.31. The molecule has 2 rings (SSSR count). The number of amides is 1. The number of hydrogen-bond donors (Lipinski definition) is 0. The van der Waals surface area contributed by atoms with E-state index in [9.17, 15) is 13.2 Å². The zero-order valence-corrected chi connectivity index (χ0v) is 12.9. The van der Waals surface area contributed by atoms with Gasteiger partial charge in [0.1, 0.15) is 6.10 Å². The SMILES string of the molecule is CCCS(=O)(=O)N1CCCN(C(=O)C2CCCO2)CC1. The summed E-state index contributed by atoms with van der Waals surface area (Å²) in [6, 6.07) is 0. The van der Waals surface area contributed by atoms with Gasteiger partial charge in [0.15, 0.2) is 0 Å². The Morgan fingerprint density at radius 1 is 1.20 bits per heavy atom. The van der Waals surface area contributed by atoms with Crippen molar-refractivity contribution in [2.75, 3.05) is 38.5 Å². The van der Waals surface area contributed by atoms with Crippen molar-refractivity contribution in [3.8, 4) is 0 Å². The number of rotatable bonds is 4. The van der Waals surface area contributed by atoms with Crippen molar-refractivity contribution >= 4 is 15.9 Å². The van der Waals surface area contributed by atoms with E-state index in [4.69, 9.17) is 4.74 Å². The second-order valence-corrected chi connectivity index (χ2v) is 7.48. The molecule has 0 aliphatic carbocycles. The summed E-state index contributed by atoms with van der Waals surface area (Å²) in [6.07, 6.45) is 2.72. The minimum Gasteiger partial charge on any atom is -0.368 e. The van der Waals surface area contributed by atoms with E-state index in [0.717, 1.165) is 12.8 Å².